The molecule has 1 N–H and O–H groups in total. The summed E-state index contributed by atoms with van der Waals surface area (Å²) in [5, 5.41) is 10.1. The summed E-state index contributed by atoms with van der Waals surface area (Å²) in [5.74, 6) is 2.48. The van der Waals surface area contributed by atoms with Crippen LogP contribution in [0, 0.1) is 40.4 Å². The third-order valence-electron chi connectivity index (χ3n) is 8.81. The SMILES string of the molecule is CC(=O)[C@H]1CC[C@@H]2[C@H]3CC[C@H]4C[C@H](O)CC[C@]4(C)[C@@H]3C(=O)C[C@]12C. The van der Waals surface area contributed by atoms with Crippen molar-refractivity contribution < 1.29 is 14.7 Å². The second-order valence-corrected chi connectivity index (χ2v) is 9.85. The summed E-state index contributed by atoms with van der Waals surface area (Å²) in [5.41, 5.74) is -0.0175. The van der Waals surface area contributed by atoms with Crippen LogP contribution < -0.4 is 0 Å². The lowest BCUT2D eigenvalue weighted by Crippen LogP contribution is -2.58. The molecule has 0 saturated heterocycles. The molecule has 4 aliphatic rings. The molecule has 0 radical (unpaired) electrons. The van der Waals surface area contributed by atoms with Crippen molar-refractivity contribution in [3.05, 3.63) is 0 Å². The lowest BCUT2D eigenvalue weighted by atomic mass is 9.44. The highest BCUT2D eigenvalue weighted by molar-refractivity contribution is 5.87. The summed E-state index contributed by atoms with van der Waals surface area (Å²) in [7, 11) is 0. The summed E-state index contributed by atoms with van der Waals surface area (Å²) >= 11 is 0. The van der Waals surface area contributed by atoms with Gasteiger partial charge in [0.25, 0.3) is 0 Å². The minimum Gasteiger partial charge on any atom is -0.393 e. The summed E-state index contributed by atoms with van der Waals surface area (Å²) in [4.78, 5) is 25.5. The normalized spacial score (nSPS) is 53.9. The zero-order chi connectivity index (χ0) is 17.3. The first-order chi connectivity index (χ1) is 11.3. The van der Waals surface area contributed by atoms with E-state index in [2.05, 4.69) is 13.8 Å². The van der Waals surface area contributed by atoms with Gasteiger partial charge < -0.3 is 5.11 Å². The van der Waals surface area contributed by atoms with Gasteiger partial charge >= 0.3 is 0 Å². The van der Waals surface area contributed by atoms with E-state index in [4.69, 9.17) is 0 Å². The lowest BCUT2D eigenvalue weighted by Gasteiger charge is -2.59. The van der Waals surface area contributed by atoms with Gasteiger partial charge in [-0.15, -0.1) is 0 Å². The van der Waals surface area contributed by atoms with Crippen LogP contribution in [-0.2, 0) is 9.59 Å². The van der Waals surface area contributed by atoms with Gasteiger partial charge in [0.2, 0.25) is 0 Å². The van der Waals surface area contributed by atoms with E-state index >= 15 is 0 Å². The number of hydrogen-bond donors (Lipinski definition) is 1. The highest BCUT2D eigenvalue weighted by atomic mass is 16.3. The number of carbonyl (C=O) groups excluding carboxylic acids is 2. The zero-order valence-electron chi connectivity index (χ0n) is 15.4. The first-order valence-corrected chi connectivity index (χ1v) is 9.98. The summed E-state index contributed by atoms with van der Waals surface area (Å²) < 4.78 is 0. The minimum absolute atomic E-state index is 0.0782. The minimum atomic E-state index is -0.169. The van der Waals surface area contributed by atoms with Crippen LogP contribution >= 0.6 is 0 Å². The van der Waals surface area contributed by atoms with Crippen LogP contribution in [0.15, 0.2) is 0 Å². The Labute approximate surface area is 145 Å². The Balaban J connectivity index is 1.68. The second kappa shape index (κ2) is 5.40. The van der Waals surface area contributed by atoms with Crippen LogP contribution in [0.25, 0.3) is 0 Å². The van der Waals surface area contributed by atoms with Gasteiger partial charge in [0, 0.05) is 18.3 Å². The third kappa shape index (κ3) is 2.12. The average Bonchev–Trinajstić information content (AvgIpc) is 2.84. The van der Waals surface area contributed by atoms with E-state index in [9.17, 15) is 14.7 Å². The molecule has 0 amide bonds. The quantitative estimate of drug-likeness (QED) is 0.795. The highest BCUT2D eigenvalue weighted by Crippen LogP contribution is 2.66. The van der Waals surface area contributed by atoms with E-state index in [0.29, 0.717) is 30.0 Å². The number of aliphatic hydroxyl groups excluding tert-OH is 1. The van der Waals surface area contributed by atoms with Gasteiger partial charge in [0.05, 0.1) is 6.10 Å². The predicted molar refractivity (Wildman–Crippen MR) is 92.3 cm³/mol. The average molecular weight is 332 g/mol. The molecule has 134 valence electrons. The Morgan fingerprint density at radius 1 is 1.08 bits per heavy atom. The number of ketones is 2. The van der Waals surface area contributed by atoms with Gasteiger partial charge in [0.1, 0.15) is 11.6 Å². The van der Waals surface area contributed by atoms with E-state index in [1.807, 2.05) is 0 Å². The van der Waals surface area contributed by atoms with Crippen molar-refractivity contribution in [3.8, 4) is 0 Å². The maximum atomic E-state index is 13.3. The Hall–Kier alpha value is -0.700. The number of fused-ring (bicyclic) bond motifs is 5. The maximum Gasteiger partial charge on any atom is 0.137 e. The summed E-state index contributed by atoms with van der Waals surface area (Å²) in [6.45, 7) is 6.28. The second-order valence-electron chi connectivity index (χ2n) is 9.85. The number of carbonyl (C=O) groups is 2. The smallest absolute Gasteiger partial charge is 0.137 e. The van der Waals surface area contributed by atoms with Crippen LogP contribution in [0.3, 0.4) is 0 Å². The third-order valence-corrected chi connectivity index (χ3v) is 8.81. The molecule has 4 fully saturated rings. The molecular formula is C21H32O3. The fourth-order valence-corrected chi connectivity index (χ4v) is 7.72. The van der Waals surface area contributed by atoms with Crippen molar-refractivity contribution in [1.82, 2.24) is 0 Å². The van der Waals surface area contributed by atoms with Gasteiger partial charge in [-0.25, -0.2) is 0 Å². The first-order valence-electron chi connectivity index (χ1n) is 9.98. The highest BCUT2D eigenvalue weighted by Gasteiger charge is 2.63. The van der Waals surface area contributed by atoms with Gasteiger partial charge in [-0.3, -0.25) is 9.59 Å². The molecule has 3 heteroatoms. The van der Waals surface area contributed by atoms with E-state index in [0.717, 1.165) is 44.9 Å². The largest absolute Gasteiger partial charge is 0.393 e. The van der Waals surface area contributed by atoms with Crippen LogP contribution in [0.4, 0.5) is 0 Å². The molecule has 0 aliphatic heterocycles. The summed E-state index contributed by atoms with van der Waals surface area (Å²) in [6, 6.07) is 0. The van der Waals surface area contributed by atoms with E-state index < -0.39 is 0 Å². The number of rotatable bonds is 1. The topological polar surface area (TPSA) is 54.4 Å². The molecule has 0 heterocycles. The molecule has 4 saturated carbocycles. The van der Waals surface area contributed by atoms with E-state index in [1.165, 1.54) is 0 Å². The van der Waals surface area contributed by atoms with Crippen LogP contribution in [0.5, 0.6) is 0 Å². The monoisotopic (exact) mass is 332 g/mol. The first kappa shape index (κ1) is 16.8. The van der Waals surface area contributed by atoms with Crippen LogP contribution in [-0.4, -0.2) is 22.8 Å². The van der Waals surface area contributed by atoms with E-state index in [1.54, 1.807) is 6.92 Å². The molecule has 0 aromatic rings. The molecule has 4 rings (SSSR count). The molecule has 4 aliphatic carbocycles. The van der Waals surface area contributed by atoms with E-state index in [-0.39, 0.29) is 34.6 Å². The van der Waals surface area contributed by atoms with Crippen molar-refractivity contribution in [2.75, 3.05) is 0 Å². The Morgan fingerprint density at radius 3 is 2.54 bits per heavy atom. The zero-order valence-corrected chi connectivity index (χ0v) is 15.4. The van der Waals surface area contributed by atoms with Gasteiger partial charge in [-0.05, 0) is 80.5 Å². The van der Waals surface area contributed by atoms with Crippen molar-refractivity contribution in [1.29, 1.82) is 0 Å². The van der Waals surface area contributed by atoms with Crippen molar-refractivity contribution >= 4 is 11.6 Å². The van der Waals surface area contributed by atoms with Crippen LogP contribution in [0.1, 0.15) is 72.1 Å². The molecule has 0 aromatic carbocycles. The van der Waals surface area contributed by atoms with Gasteiger partial charge in [0.15, 0.2) is 0 Å². The molecule has 0 spiro atoms. The molecule has 3 nitrogen and oxygen atoms in total. The molecule has 24 heavy (non-hydrogen) atoms. The number of aliphatic hydroxyl groups is 1. The molecule has 0 bridgehead atoms. The summed E-state index contributed by atoms with van der Waals surface area (Å²) in [6.07, 6.45) is 7.53. The van der Waals surface area contributed by atoms with Crippen LogP contribution in [0.2, 0.25) is 0 Å². The molecule has 0 unspecified atom stereocenters. The molecule has 0 aromatic heterocycles. The molecule has 8 atom stereocenters. The van der Waals surface area contributed by atoms with Crippen molar-refractivity contribution in [2.24, 2.45) is 40.4 Å². The Morgan fingerprint density at radius 2 is 1.83 bits per heavy atom. The lowest BCUT2D eigenvalue weighted by molar-refractivity contribution is -0.162. The van der Waals surface area contributed by atoms with Gasteiger partial charge in [-0.2, -0.15) is 0 Å². The van der Waals surface area contributed by atoms with Crippen molar-refractivity contribution in [2.45, 2.75) is 78.2 Å². The fourth-order valence-electron chi connectivity index (χ4n) is 7.72. The predicted octanol–water partition coefficient (Wildman–Crippen LogP) is 3.77. The Bertz CT molecular complexity index is 569. The standard InChI is InChI=1S/C21H32O3/c1-12(22)16-6-7-17-15-5-4-13-10-14(23)8-9-20(13,2)19(15)18(24)11-21(16,17)3/h13-17,19,23H,4-11H2,1-3H3/t13-,14+,15+,16+,17+,19-,20-,21+/m0/s1. The van der Waals surface area contributed by atoms with Gasteiger partial charge in [-0.1, -0.05) is 13.8 Å². The molecular weight excluding hydrogens is 300 g/mol. The Kier molecular flexibility index (Phi) is 3.77. The number of Topliss-reactive ketones (excluding diaryl/α,β-unsaturated/α-hetero) is 2. The number of hydrogen-bond acceptors (Lipinski definition) is 3. The maximum absolute atomic E-state index is 13.3. The fraction of sp³-hybridized carbons (Fsp3) is 0.905. The van der Waals surface area contributed by atoms with Crippen molar-refractivity contribution in [3.63, 3.8) is 0 Å².